The molecule has 3 amide bonds. The molecule has 2 aromatic rings. The maximum Gasteiger partial charge on any atom is 0.408 e. The number of thioether (sulfide) groups is 1. The molecule has 0 aliphatic carbocycles. The van der Waals surface area contributed by atoms with E-state index >= 15 is 0 Å². The van der Waals surface area contributed by atoms with Gasteiger partial charge in [-0.1, -0.05) is 48.5 Å². The van der Waals surface area contributed by atoms with Crippen molar-refractivity contribution in [3.63, 3.8) is 0 Å². The summed E-state index contributed by atoms with van der Waals surface area (Å²) in [7, 11) is 1.60. The molecule has 2 atom stereocenters. The SMILES string of the molecule is CSCCC(NC(=O)OC(C)(C)C)C(=O)N(C)C(C(=O)NCc1ccccc1)c1ccc(C)c(C)c1. The predicted octanol–water partition coefficient (Wildman–Crippen LogP) is 4.77. The average Bonchev–Trinajstić information content (AvgIpc) is 2.81. The van der Waals surface area contributed by atoms with Gasteiger partial charge in [0.05, 0.1) is 0 Å². The molecule has 7 nitrogen and oxygen atoms in total. The third-order valence-electron chi connectivity index (χ3n) is 5.74. The summed E-state index contributed by atoms with van der Waals surface area (Å²) in [5, 5.41) is 5.69. The van der Waals surface area contributed by atoms with Crippen LogP contribution in [0.4, 0.5) is 4.79 Å². The smallest absolute Gasteiger partial charge is 0.408 e. The van der Waals surface area contributed by atoms with E-state index in [4.69, 9.17) is 4.74 Å². The number of benzene rings is 2. The summed E-state index contributed by atoms with van der Waals surface area (Å²) in [5.41, 5.74) is 3.10. The second-order valence-corrected chi connectivity index (χ2v) is 10.9. The van der Waals surface area contributed by atoms with E-state index in [2.05, 4.69) is 10.6 Å². The minimum atomic E-state index is -0.863. The topological polar surface area (TPSA) is 87.7 Å². The van der Waals surface area contributed by atoms with Gasteiger partial charge in [0.15, 0.2) is 0 Å². The van der Waals surface area contributed by atoms with Gasteiger partial charge in [-0.05, 0) is 75.3 Å². The first-order valence-electron chi connectivity index (χ1n) is 12.1. The van der Waals surface area contributed by atoms with Gasteiger partial charge in [-0.2, -0.15) is 11.8 Å². The monoisotopic (exact) mass is 513 g/mol. The highest BCUT2D eigenvalue weighted by molar-refractivity contribution is 7.98. The molecule has 0 spiro atoms. The van der Waals surface area contributed by atoms with Crippen molar-refractivity contribution in [2.24, 2.45) is 0 Å². The summed E-state index contributed by atoms with van der Waals surface area (Å²) < 4.78 is 5.38. The molecular weight excluding hydrogens is 474 g/mol. The minimum absolute atomic E-state index is 0.293. The van der Waals surface area contributed by atoms with Crippen LogP contribution in [0.25, 0.3) is 0 Å². The minimum Gasteiger partial charge on any atom is -0.444 e. The van der Waals surface area contributed by atoms with Crippen LogP contribution in [0, 0.1) is 13.8 Å². The Labute approximate surface area is 219 Å². The Kier molecular flexibility index (Phi) is 10.8. The number of likely N-dealkylation sites (N-methyl/N-ethyl adjacent to an activating group) is 1. The first-order valence-corrected chi connectivity index (χ1v) is 13.5. The van der Waals surface area contributed by atoms with Gasteiger partial charge in [0.2, 0.25) is 11.8 Å². The molecule has 2 N–H and O–H groups in total. The molecular formula is C28H39N3O4S. The van der Waals surface area contributed by atoms with Gasteiger partial charge in [0.1, 0.15) is 17.7 Å². The number of nitrogens with one attached hydrogen (secondary N) is 2. The highest BCUT2D eigenvalue weighted by Crippen LogP contribution is 2.24. The van der Waals surface area contributed by atoms with Crippen LogP contribution in [-0.2, 0) is 20.9 Å². The predicted molar refractivity (Wildman–Crippen MR) is 146 cm³/mol. The zero-order chi connectivity index (χ0) is 26.9. The quantitative estimate of drug-likeness (QED) is 0.478. The summed E-state index contributed by atoms with van der Waals surface area (Å²) in [4.78, 5) is 41.1. The maximum atomic E-state index is 13.7. The zero-order valence-corrected chi connectivity index (χ0v) is 23.2. The summed E-state index contributed by atoms with van der Waals surface area (Å²) in [6, 6.07) is 13.7. The Morgan fingerprint density at radius 2 is 1.69 bits per heavy atom. The van der Waals surface area contributed by atoms with E-state index in [1.807, 2.05) is 68.6 Å². The van der Waals surface area contributed by atoms with E-state index in [1.54, 1.807) is 39.6 Å². The Bertz CT molecular complexity index is 1040. The number of amides is 3. The van der Waals surface area contributed by atoms with Crippen molar-refractivity contribution in [2.45, 2.75) is 65.3 Å². The van der Waals surface area contributed by atoms with Crippen LogP contribution < -0.4 is 10.6 Å². The number of hydrogen-bond donors (Lipinski definition) is 2. The second kappa shape index (κ2) is 13.3. The number of alkyl carbamates (subject to hydrolysis) is 1. The molecule has 0 bridgehead atoms. The molecule has 0 aromatic heterocycles. The summed E-state index contributed by atoms with van der Waals surface area (Å²) in [6.07, 6.45) is 1.69. The van der Waals surface area contributed by atoms with Crippen molar-refractivity contribution in [1.82, 2.24) is 15.5 Å². The number of carbonyl (C=O) groups is 3. The third-order valence-corrected chi connectivity index (χ3v) is 6.38. The number of carbonyl (C=O) groups excluding carboxylic acids is 3. The van der Waals surface area contributed by atoms with Gasteiger partial charge in [0, 0.05) is 13.6 Å². The van der Waals surface area contributed by atoms with Crippen molar-refractivity contribution in [2.75, 3.05) is 19.1 Å². The first-order chi connectivity index (χ1) is 16.9. The lowest BCUT2D eigenvalue weighted by Crippen LogP contribution is -2.51. The van der Waals surface area contributed by atoms with Crippen molar-refractivity contribution < 1.29 is 19.1 Å². The fourth-order valence-corrected chi connectivity index (χ4v) is 4.15. The molecule has 0 saturated carbocycles. The van der Waals surface area contributed by atoms with Crippen LogP contribution in [0.15, 0.2) is 48.5 Å². The molecule has 0 radical (unpaired) electrons. The standard InChI is InChI=1S/C28H39N3O4S/c1-19-13-14-22(17-20(19)2)24(25(32)29-18-21-11-9-8-10-12-21)31(6)26(33)23(15-16-36-7)30-27(34)35-28(3,4)5/h8-14,17,23-24H,15-16,18H2,1-7H3,(H,29,32)(H,30,34). The van der Waals surface area contributed by atoms with Gasteiger partial charge < -0.3 is 20.3 Å². The molecule has 0 aliphatic rings. The van der Waals surface area contributed by atoms with Gasteiger partial charge in [-0.15, -0.1) is 0 Å². The summed E-state index contributed by atoms with van der Waals surface area (Å²) in [5.74, 6) is 0.0148. The Balaban J connectivity index is 2.32. The van der Waals surface area contributed by atoms with E-state index in [0.717, 1.165) is 16.7 Å². The van der Waals surface area contributed by atoms with Crippen LogP contribution in [0.1, 0.15) is 55.5 Å². The van der Waals surface area contributed by atoms with Gasteiger partial charge in [-0.25, -0.2) is 4.79 Å². The normalized spacial score (nSPS) is 12.9. The molecule has 8 heteroatoms. The molecule has 0 heterocycles. The van der Waals surface area contributed by atoms with Crippen molar-refractivity contribution in [3.05, 3.63) is 70.8 Å². The Morgan fingerprint density at radius 3 is 2.28 bits per heavy atom. The molecule has 36 heavy (non-hydrogen) atoms. The van der Waals surface area contributed by atoms with Crippen molar-refractivity contribution in [3.8, 4) is 0 Å². The molecule has 2 rings (SSSR count). The Hall–Kier alpha value is -3.00. The lowest BCUT2D eigenvalue weighted by molar-refractivity contribution is -0.140. The van der Waals surface area contributed by atoms with E-state index in [-0.39, 0.29) is 11.8 Å². The lowest BCUT2D eigenvalue weighted by Gasteiger charge is -2.32. The van der Waals surface area contributed by atoms with Gasteiger partial charge in [0.25, 0.3) is 0 Å². The average molecular weight is 514 g/mol. The van der Waals surface area contributed by atoms with Crippen LogP contribution in [0.2, 0.25) is 0 Å². The van der Waals surface area contributed by atoms with Crippen LogP contribution in [-0.4, -0.2) is 53.5 Å². The molecule has 2 aromatic carbocycles. The molecule has 0 fully saturated rings. The van der Waals surface area contributed by atoms with E-state index in [0.29, 0.717) is 24.3 Å². The van der Waals surface area contributed by atoms with E-state index in [9.17, 15) is 14.4 Å². The summed E-state index contributed by atoms with van der Waals surface area (Å²) >= 11 is 1.58. The number of aryl methyl sites for hydroxylation is 2. The second-order valence-electron chi connectivity index (χ2n) is 9.88. The van der Waals surface area contributed by atoms with E-state index < -0.39 is 23.8 Å². The molecule has 0 aliphatic heterocycles. The fraction of sp³-hybridized carbons (Fsp3) is 0.464. The van der Waals surface area contributed by atoms with Gasteiger partial charge in [-0.3, -0.25) is 9.59 Å². The number of ether oxygens (including phenoxy) is 1. The number of rotatable bonds is 10. The zero-order valence-electron chi connectivity index (χ0n) is 22.4. The largest absolute Gasteiger partial charge is 0.444 e. The van der Waals surface area contributed by atoms with Crippen molar-refractivity contribution in [1.29, 1.82) is 0 Å². The van der Waals surface area contributed by atoms with Gasteiger partial charge >= 0.3 is 6.09 Å². The van der Waals surface area contributed by atoms with Crippen LogP contribution in [0.5, 0.6) is 0 Å². The maximum absolute atomic E-state index is 13.7. The molecule has 196 valence electrons. The highest BCUT2D eigenvalue weighted by Gasteiger charge is 2.34. The fourth-order valence-electron chi connectivity index (χ4n) is 3.68. The molecule has 0 saturated heterocycles. The Morgan fingerprint density at radius 1 is 1.03 bits per heavy atom. The van der Waals surface area contributed by atoms with E-state index in [1.165, 1.54) is 4.90 Å². The highest BCUT2D eigenvalue weighted by atomic mass is 32.2. The van der Waals surface area contributed by atoms with Crippen molar-refractivity contribution >= 4 is 29.7 Å². The first kappa shape index (κ1) is 29.2. The summed E-state index contributed by atoms with van der Waals surface area (Å²) in [6.45, 7) is 9.63. The number of nitrogens with zero attached hydrogens (tertiary/aromatic N) is 1. The lowest BCUT2D eigenvalue weighted by atomic mass is 9.98. The molecule has 2 unspecified atom stereocenters. The van der Waals surface area contributed by atoms with Crippen LogP contribution in [0.3, 0.4) is 0 Å². The van der Waals surface area contributed by atoms with Crippen LogP contribution >= 0.6 is 11.8 Å². The number of hydrogen-bond acceptors (Lipinski definition) is 5. The third kappa shape index (κ3) is 8.90.